The van der Waals surface area contributed by atoms with Crippen LogP contribution in [0.2, 0.25) is 0 Å². The van der Waals surface area contributed by atoms with E-state index in [1.165, 1.54) is 6.33 Å². The molecule has 0 saturated carbocycles. The molecule has 1 amide bonds. The van der Waals surface area contributed by atoms with Gasteiger partial charge in [0.05, 0.1) is 0 Å². The third kappa shape index (κ3) is 2.55. The van der Waals surface area contributed by atoms with Crippen molar-refractivity contribution in [2.75, 3.05) is 19.6 Å². The number of nitrogens with one attached hydrogen (secondary N) is 2. The van der Waals surface area contributed by atoms with E-state index in [4.69, 9.17) is 0 Å². The first-order chi connectivity index (χ1) is 9.74. The van der Waals surface area contributed by atoms with Gasteiger partial charge in [-0.1, -0.05) is 12.1 Å². The van der Waals surface area contributed by atoms with Gasteiger partial charge >= 0.3 is 0 Å². The molecule has 1 saturated heterocycles. The number of aromatic nitrogens is 3. The van der Waals surface area contributed by atoms with Crippen LogP contribution in [0, 0.1) is 0 Å². The molecule has 0 radical (unpaired) electrons. The highest BCUT2D eigenvalue weighted by molar-refractivity contribution is 5.95. The lowest BCUT2D eigenvalue weighted by atomic mass is 10.1. The number of amides is 1. The normalized spacial score (nSPS) is 19.1. The van der Waals surface area contributed by atoms with Gasteiger partial charge in [-0.25, -0.2) is 4.98 Å². The van der Waals surface area contributed by atoms with E-state index in [1.54, 1.807) is 0 Å². The molecule has 1 atom stereocenters. The summed E-state index contributed by atoms with van der Waals surface area (Å²) >= 11 is 0. The number of H-pyrrole nitrogens is 1. The highest BCUT2D eigenvalue weighted by Crippen LogP contribution is 2.17. The topological polar surface area (TPSA) is 73.9 Å². The smallest absolute Gasteiger partial charge is 0.253 e. The third-order valence-corrected chi connectivity index (χ3v) is 3.45. The molecule has 2 N–H and O–H groups in total. The van der Waals surface area contributed by atoms with E-state index in [2.05, 4.69) is 27.4 Å². The van der Waals surface area contributed by atoms with Crippen LogP contribution in [0.25, 0.3) is 11.4 Å². The second-order valence-electron chi connectivity index (χ2n) is 5.02. The standard InChI is InChI=1S/C14H17N5O/c1-10-8-19(6-5-15-10)14(20)12-4-2-3-11(7-12)13-16-9-17-18-13/h2-4,7,9-10,15H,5-6,8H2,1H3,(H,16,17,18)/t10-/m0/s1. The van der Waals surface area contributed by atoms with Crippen LogP contribution in [0.3, 0.4) is 0 Å². The first kappa shape index (κ1) is 12.8. The Morgan fingerprint density at radius 2 is 2.35 bits per heavy atom. The molecule has 2 aromatic rings. The third-order valence-electron chi connectivity index (χ3n) is 3.45. The van der Waals surface area contributed by atoms with Gasteiger partial charge in [-0.3, -0.25) is 9.89 Å². The van der Waals surface area contributed by atoms with Crippen LogP contribution in [-0.4, -0.2) is 51.7 Å². The molecule has 1 aliphatic rings. The molecule has 1 aromatic heterocycles. The van der Waals surface area contributed by atoms with Crippen molar-refractivity contribution in [2.24, 2.45) is 0 Å². The van der Waals surface area contributed by atoms with E-state index >= 15 is 0 Å². The monoisotopic (exact) mass is 271 g/mol. The molecule has 1 aliphatic heterocycles. The Morgan fingerprint density at radius 3 is 3.10 bits per heavy atom. The zero-order chi connectivity index (χ0) is 13.9. The number of hydrogen-bond donors (Lipinski definition) is 2. The van der Waals surface area contributed by atoms with Crippen LogP contribution in [0.4, 0.5) is 0 Å². The molecule has 0 bridgehead atoms. The van der Waals surface area contributed by atoms with Gasteiger partial charge in [0.15, 0.2) is 5.82 Å². The quantitative estimate of drug-likeness (QED) is 0.851. The minimum absolute atomic E-state index is 0.0692. The zero-order valence-corrected chi connectivity index (χ0v) is 11.3. The van der Waals surface area contributed by atoms with Gasteiger partial charge in [0, 0.05) is 36.8 Å². The van der Waals surface area contributed by atoms with Gasteiger partial charge < -0.3 is 10.2 Å². The van der Waals surface area contributed by atoms with E-state index in [9.17, 15) is 4.79 Å². The molecule has 6 nitrogen and oxygen atoms in total. The molecule has 0 spiro atoms. The molecule has 1 aromatic carbocycles. The molecule has 2 heterocycles. The second-order valence-corrected chi connectivity index (χ2v) is 5.02. The summed E-state index contributed by atoms with van der Waals surface area (Å²) in [5.41, 5.74) is 1.56. The Hall–Kier alpha value is -2.21. The van der Waals surface area contributed by atoms with E-state index < -0.39 is 0 Å². The molecule has 104 valence electrons. The van der Waals surface area contributed by atoms with Crippen molar-refractivity contribution in [3.05, 3.63) is 36.2 Å². The predicted octanol–water partition coefficient (Wildman–Crippen LogP) is 0.906. The van der Waals surface area contributed by atoms with Gasteiger partial charge in [0.25, 0.3) is 5.91 Å². The largest absolute Gasteiger partial charge is 0.336 e. The summed E-state index contributed by atoms with van der Waals surface area (Å²) in [4.78, 5) is 18.5. The Balaban J connectivity index is 1.83. The maximum atomic E-state index is 12.5. The second kappa shape index (κ2) is 5.42. The summed E-state index contributed by atoms with van der Waals surface area (Å²) in [6.45, 7) is 4.42. The maximum Gasteiger partial charge on any atom is 0.253 e. The van der Waals surface area contributed by atoms with Gasteiger partial charge in [-0.2, -0.15) is 5.10 Å². The number of nitrogens with zero attached hydrogens (tertiary/aromatic N) is 3. The minimum atomic E-state index is 0.0692. The molecule has 1 fully saturated rings. The van der Waals surface area contributed by atoms with E-state index in [1.807, 2.05) is 29.2 Å². The average molecular weight is 271 g/mol. The first-order valence-corrected chi connectivity index (χ1v) is 6.72. The van der Waals surface area contributed by atoms with Crippen molar-refractivity contribution in [3.8, 4) is 11.4 Å². The number of benzene rings is 1. The summed E-state index contributed by atoms with van der Waals surface area (Å²) in [6, 6.07) is 7.82. The lowest BCUT2D eigenvalue weighted by molar-refractivity contribution is 0.0709. The highest BCUT2D eigenvalue weighted by atomic mass is 16.2. The molecule has 3 rings (SSSR count). The number of hydrogen-bond acceptors (Lipinski definition) is 4. The summed E-state index contributed by atoms with van der Waals surface area (Å²) < 4.78 is 0. The van der Waals surface area contributed by atoms with Gasteiger partial charge in [0.2, 0.25) is 0 Å². The van der Waals surface area contributed by atoms with Crippen LogP contribution in [0.5, 0.6) is 0 Å². The van der Waals surface area contributed by atoms with Crippen molar-refractivity contribution in [1.82, 2.24) is 25.4 Å². The lowest BCUT2D eigenvalue weighted by Gasteiger charge is -2.32. The summed E-state index contributed by atoms with van der Waals surface area (Å²) in [5.74, 6) is 0.744. The fourth-order valence-electron chi connectivity index (χ4n) is 2.44. The molecule has 20 heavy (non-hydrogen) atoms. The van der Waals surface area contributed by atoms with Gasteiger partial charge in [-0.05, 0) is 19.1 Å². The zero-order valence-electron chi connectivity index (χ0n) is 11.3. The lowest BCUT2D eigenvalue weighted by Crippen LogP contribution is -2.51. The molecule has 6 heteroatoms. The van der Waals surface area contributed by atoms with Crippen molar-refractivity contribution >= 4 is 5.91 Å². The number of piperazine rings is 1. The average Bonchev–Trinajstić information content (AvgIpc) is 3.01. The van der Waals surface area contributed by atoms with Crippen molar-refractivity contribution in [2.45, 2.75) is 13.0 Å². The molecular weight excluding hydrogens is 254 g/mol. The highest BCUT2D eigenvalue weighted by Gasteiger charge is 2.21. The number of rotatable bonds is 2. The fourth-order valence-corrected chi connectivity index (χ4v) is 2.44. The van der Waals surface area contributed by atoms with E-state index in [-0.39, 0.29) is 5.91 Å². The number of aromatic amines is 1. The fraction of sp³-hybridized carbons (Fsp3) is 0.357. The van der Waals surface area contributed by atoms with Gasteiger partial charge in [-0.15, -0.1) is 0 Å². The van der Waals surface area contributed by atoms with Crippen molar-refractivity contribution in [1.29, 1.82) is 0 Å². The molecule has 0 aliphatic carbocycles. The minimum Gasteiger partial charge on any atom is -0.336 e. The molecular formula is C14H17N5O. The number of carbonyl (C=O) groups excluding carboxylic acids is 1. The summed E-state index contributed by atoms with van der Waals surface area (Å²) in [5, 5.41) is 9.98. The van der Waals surface area contributed by atoms with E-state index in [0.29, 0.717) is 17.4 Å². The van der Waals surface area contributed by atoms with Crippen molar-refractivity contribution in [3.63, 3.8) is 0 Å². The Labute approximate surface area is 117 Å². The Kier molecular flexibility index (Phi) is 3.47. The maximum absolute atomic E-state index is 12.5. The predicted molar refractivity (Wildman–Crippen MR) is 75.2 cm³/mol. The van der Waals surface area contributed by atoms with Crippen LogP contribution in [-0.2, 0) is 0 Å². The van der Waals surface area contributed by atoms with Crippen LogP contribution in [0.15, 0.2) is 30.6 Å². The SMILES string of the molecule is C[C@H]1CN(C(=O)c2cccc(-c3ncn[nH]3)c2)CCN1. The van der Waals surface area contributed by atoms with Crippen LogP contribution < -0.4 is 5.32 Å². The van der Waals surface area contributed by atoms with Crippen LogP contribution >= 0.6 is 0 Å². The van der Waals surface area contributed by atoms with Crippen molar-refractivity contribution < 1.29 is 4.79 Å². The summed E-state index contributed by atoms with van der Waals surface area (Å²) in [7, 11) is 0. The summed E-state index contributed by atoms with van der Waals surface area (Å²) in [6.07, 6.45) is 1.46. The van der Waals surface area contributed by atoms with Gasteiger partial charge in [0.1, 0.15) is 6.33 Å². The Bertz CT molecular complexity index is 595. The van der Waals surface area contributed by atoms with E-state index in [0.717, 1.165) is 25.2 Å². The van der Waals surface area contributed by atoms with Crippen LogP contribution in [0.1, 0.15) is 17.3 Å². The number of carbonyl (C=O) groups is 1. The first-order valence-electron chi connectivity index (χ1n) is 6.72. The molecule has 0 unspecified atom stereocenters. The Morgan fingerprint density at radius 1 is 1.45 bits per heavy atom.